The molecule has 1 saturated heterocycles. The Kier molecular flexibility index (Phi) is 4.35. The summed E-state index contributed by atoms with van der Waals surface area (Å²) in [5.41, 5.74) is 3.70. The average molecular weight is 335 g/mol. The summed E-state index contributed by atoms with van der Waals surface area (Å²) in [4.78, 5) is 16.4. The molecular weight excluding hydrogens is 314 g/mol. The summed E-state index contributed by atoms with van der Waals surface area (Å²) in [5.74, 6) is 0.617. The lowest BCUT2D eigenvalue weighted by atomic mass is 9.90. The predicted octanol–water partition coefficient (Wildman–Crippen LogP) is 3.45. The number of pyridine rings is 1. The van der Waals surface area contributed by atoms with Gasteiger partial charge in [0.05, 0.1) is 5.69 Å². The number of anilines is 2. The van der Waals surface area contributed by atoms with Crippen LogP contribution in [0.3, 0.4) is 0 Å². The fourth-order valence-electron chi connectivity index (χ4n) is 3.28. The van der Waals surface area contributed by atoms with Gasteiger partial charge in [-0.3, -0.25) is 0 Å². The first-order chi connectivity index (χ1) is 12.3. The Morgan fingerprint density at radius 2 is 1.76 bits per heavy atom. The Labute approximate surface area is 146 Å². The van der Waals surface area contributed by atoms with E-state index in [1.807, 2.05) is 41.1 Å². The third kappa shape index (κ3) is 3.64. The van der Waals surface area contributed by atoms with Crippen LogP contribution in [-0.4, -0.2) is 28.5 Å². The zero-order valence-electron chi connectivity index (χ0n) is 13.9. The number of amides is 2. The number of nitrogens with one attached hydrogen (secondary N) is 3. The number of hydrogen-bond donors (Lipinski definition) is 3. The molecule has 1 fully saturated rings. The summed E-state index contributed by atoms with van der Waals surface area (Å²) < 4.78 is 1.86. The number of carbonyl (C=O) groups is 1. The van der Waals surface area contributed by atoms with Gasteiger partial charge in [0.2, 0.25) is 0 Å². The van der Waals surface area contributed by atoms with E-state index in [0.717, 1.165) is 24.4 Å². The molecule has 2 aromatic heterocycles. The van der Waals surface area contributed by atoms with Crippen LogP contribution in [0, 0.1) is 0 Å². The van der Waals surface area contributed by atoms with Gasteiger partial charge in [-0.2, -0.15) is 0 Å². The van der Waals surface area contributed by atoms with Crippen molar-refractivity contribution in [1.82, 2.24) is 14.7 Å². The van der Waals surface area contributed by atoms with Crippen LogP contribution in [0.5, 0.6) is 0 Å². The first-order valence-electron chi connectivity index (χ1n) is 8.59. The van der Waals surface area contributed by atoms with Gasteiger partial charge in [0.15, 0.2) is 0 Å². The fraction of sp³-hybridized carbons (Fsp3) is 0.263. The van der Waals surface area contributed by atoms with Crippen LogP contribution >= 0.6 is 0 Å². The summed E-state index contributed by atoms with van der Waals surface area (Å²) >= 11 is 0. The van der Waals surface area contributed by atoms with E-state index < -0.39 is 0 Å². The van der Waals surface area contributed by atoms with Crippen LogP contribution in [-0.2, 0) is 0 Å². The number of benzene rings is 1. The predicted molar refractivity (Wildman–Crippen MR) is 99.1 cm³/mol. The Balaban J connectivity index is 1.38. The summed E-state index contributed by atoms with van der Waals surface area (Å²) in [7, 11) is 0. The molecule has 128 valence electrons. The van der Waals surface area contributed by atoms with Gasteiger partial charge in [-0.15, -0.1) is 0 Å². The molecule has 1 aromatic carbocycles. The molecule has 3 heterocycles. The third-order valence-corrected chi connectivity index (χ3v) is 4.63. The van der Waals surface area contributed by atoms with Crippen molar-refractivity contribution in [3.63, 3.8) is 0 Å². The van der Waals surface area contributed by atoms with Crippen LogP contribution < -0.4 is 16.0 Å². The molecule has 25 heavy (non-hydrogen) atoms. The van der Waals surface area contributed by atoms with E-state index in [-0.39, 0.29) is 6.03 Å². The van der Waals surface area contributed by atoms with Crippen molar-refractivity contribution >= 4 is 23.1 Å². The summed E-state index contributed by atoms with van der Waals surface area (Å²) in [6.45, 7) is 2.16. The highest BCUT2D eigenvalue weighted by Gasteiger charge is 2.14. The quantitative estimate of drug-likeness (QED) is 0.686. The van der Waals surface area contributed by atoms with Crippen molar-refractivity contribution in [2.24, 2.45) is 0 Å². The van der Waals surface area contributed by atoms with Gasteiger partial charge in [-0.1, -0.05) is 12.1 Å². The van der Waals surface area contributed by atoms with Gasteiger partial charge in [-0.05, 0) is 61.7 Å². The maximum absolute atomic E-state index is 12.2. The second-order valence-corrected chi connectivity index (χ2v) is 6.34. The lowest BCUT2D eigenvalue weighted by Crippen LogP contribution is -2.26. The molecule has 0 spiro atoms. The van der Waals surface area contributed by atoms with Crippen molar-refractivity contribution < 1.29 is 4.79 Å². The van der Waals surface area contributed by atoms with Gasteiger partial charge in [0.1, 0.15) is 5.65 Å². The Morgan fingerprint density at radius 3 is 2.56 bits per heavy atom. The van der Waals surface area contributed by atoms with E-state index in [1.54, 1.807) is 6.20 Å². The van der Waals surface area contributed by atoms with Crippen LogP contribution in [0.15, 0.2) is 55.0 Å². The first kappa shape index (κ1) is 15.7. The monoisotopic (exact) mass is 335 g/mol. The topological polar surface area (TPSA) is 70.5 Å². The highest BCUT2D eigenvalue weighted by atomic mass is 16.2. The highest BCUT2D eigenvalue weighted by Crippen LogP contribution is 2.26. The number of urea groups is 1. The average Bonchev–Trinajstić information content (AvgIpc) is 3.11. The Hall–Kier alpha value is -2.86. The van der Waals surface area contributed by atoms with Gasteiger partial charge in [0, 0.05) is 24.3 Å². The molecule has 2 amide bonds. The molecule has 0 radical (unpaired) electrons. The van der Waals surface area contributed by atoms with Crippen molar-refractivity contribution in [2.75, 3.05) is 23.7 Å². The standard InChI is InChI=1S/C19H21N5O/c25-19(23-17-5-6-18-21-11-12-24(18)13-17)22-16-3-1-14(2-4-16)15-7-9-20-10-8-15/h1-6,11-13,15,20H,7-10H2,(H2,22,23,25). The van der Waals surface area contributed by atoms with Crippen LogP contribution in [0.2, 0.25) is 0 Å². The zero-order chi connectivity index (χ0) is 17.1. The molecule has 3 N–H and O–H groups in total. The lowest BCUT2D eigenvalue weighted by Gasteiger charge is -2.23. The molecule has 1 aliphatic rings. The minimum Gasteiger partial charge on any atom is -0.317 e. The van der Waals surface area contributed by atoms with Gasteiger partial charge in [0.25, 0.3) is 0 Å². The van der Waals surface area contributed by atoms with Crippen molar-refractivity contribution in [2.45, 2.75) is 18.8 Å². The summed E-state index contributed by atoms with van der Waals surface area (Å²) in [6, 6.07) is 11.6. The smallest absolute Gasteiger partial charge is 0.317 e. The van der Waals surface area contributed by atoms with Gasteiger partial charge >= 0.3 is 6.03 Å². The highest BCUT2D eigenvalue weighted by molar-refractivity contribution is 5.99. The van der Waals surface area contributed by atoms with Crippen LogP contribution in [0.1, 0.15) is 24.3 Å². The number of carbonyl (C=O) groups excluding carboxylic acids is 1. The number of hydrogen-bond acceptors (Lipinski definition) is 3. The lowest BCUT2D eigenvalue weighted by molar-refractivity contribution is 0.262. The molecule has 6 heteroatoms. The zero-order valence-corrected chi connectivity index (χ0v) is 13.9. The van der Waals surface area contributed by atoms with Crippen LogP contribution in [0.25, 0.3) is 5.65 Å². The number of imidazole rings is 1. The molecule has 0 bridgehead atoms. The molecular formula is C19H21N5O. The maximum Gasteiger partial charge on any atom is 0.323 e. The summed E-state index contributed by atoms with van der Waals surface area (Å²) in [6.07, 6.45) is 7.75. The molecule has 6 nitrogen and oxygen atoms in total. The minimum atomic E-state index is -0.255. The molecule has 3 aromatic rings. The molecule has 1 aliphatic heterocycles. The molecule has 0 saturated carbocycles. The van der Waals surface area contributed by atoms with E-state index in [1.165, 1.54) is 18.4 Å². The second-order valence-electron chi connectivity index (χ2n) is 6.34. The van der Waals surface area contributed by atoms with Crippen molar-refractivity contribution in [1.29, 1.82) is 0 Å². The van der Waals surface area contributed by atoms with Gasteiger partial charge < -0.3 is 20.4 Å². The minimum absolute atomic E-state index is 0.255. The fourth-order valence-corrected chi connectivity index (χ4v) is 3.28. The van der Waals surface area contributed by atoms with E-state index >= 15 is 0 Å². The number of nitrogens with zero attached hydrogens (tertiary/aromatic N) is 2. The number of rotatable bonds is 3. The maximum atomic E-state index is 12.2. The van der Waals surface area contributed by atoms with Crippen LogP contribution in [0.4, 0.5) is 16.2 Å². The Bertz CT molecular complexity index is 865. The van der Waals surface area contributed by atoms with E-state index in [2.05, 4.69) is 33.1 Å². The SMILES string of the molecule is O=C(Nc1ccc(C2CCNCC2)cc1)Nc1ccc2nccn2c1. The molecule has 4 rings (SSSR count). The third-order valence-electron chi connectivity index (χ3n) is 4.63. The summed E-state index contributed by atoms with van der Waals surface area (Å²) in [5, 5.41) is 9.10. The molecule has 0 unspecified atom stereocenters. The largest absolute Gasteiger partial charge is 0.323 e. The van der Waals surface area contributed by atoms with E-state index in [9.17, 15) is 4.79 Å². The number of aromatic nitrogens is 2. The molecule has 0 atom stereocenters. The van der Waals surface area contributed by atoms with E-state index in [0.29, 0.717) is 11.6 Å². The van der Waals surface area contributed by atoms with Gasteiger partial charge in [-0.25, -0.2) is 9.78 Å². The number of piperidine rings is 1. The normalized spacial score (nSPS) is 15.2. The second kappa shape index (κ2) is 6.94. The number of fused-ring (bicyclic) bond motifs is 1. The van der Waals surface area contributed by atoms with Crippen molar-refractivity contribution in [3.05, 3.63) is 60.6 Å². The first-order valence-corrected chi connectivity index (χ1v) is 8.59. The van der Waals surface area contributed by atoms with E-state index in [4.69, 9.17) is 0 Å². The Morgan fingerprint density at radius 1 is 1.04 bits per heavy atom. The van der Waals surface area contributed by atoms with Crippen molar-refractivity contribution in [3.8, 4) is 0 Å². The molecule has 0 aliphatic carbocycles.